The van der Waals surface area contributed by atoms with Gasteiger partial charge in [-0.25, -0.2) is 23.4 Å². The van der Waals surface area contributed by atoms with Crippen LogP contribution in [-0.4, -0.2) is 83.9 Å². The summed E-state index contributed by atoms with van der Waals surface area (Å²) in [7, 11) is 0. The number of fused-ring (bicyclic) bond motifs is 2. The van der Waals surface area contributed by atoms with Gasteiger partial charge in [-0.15, -0.1) is 0 Å². The Morgan fingerprint density at radius 3 is 2.53 bits per heavy atom. The third-order valence-electron chi connectivity index (χ3n) is 8.05. The molecule has 0 unspecified atom stereocenters. The summed E-state index contributed by atoms with van der Waals surface area (Å²) in [5, 5.41) is 19.3. The van der Waals surface area contributed by atoms with Gasteiger partial charge in [-0.05, 0) is 50.6 Å². The second-order valence-corrected chi connectivity index (χ2v) is 12.9. The Hall–Kier alpha value is -6.39. The predicted octanol–water partition coefficient (Wildman–Crippen LogP) is 4.44. The zero-order valence-electron chi connectivity index (χ0n) is 27.5. The molecule has 6 rings (SSSR count). The van der Waals surface area contributed by atoms with Crippen LogP contribution in [0.3, 0.4) is 0 Å². The standard InChI is InChI=1S/C34H32F2N8O7/c1-34(2,3)51-33(50)41-32-39-22-12-16(11-20(31(48)49)27(22)40-32)18-8-6-9-21(26(18)36)38-30(47)24-13-17(35)14-43(24)25(45)15-44-23-10-5-4-7-19(23)28(42-44)29(37)46/h4-12,17,24H,13-15H2,1-3H3,(H2,37,46)(H,38,47)(H,48,49)(H2,39,40,41,50)/t17-,24+/m1/s1. The Bertz CT molecular complexity index is 2240. The van der Waals surface area contributed by atoms with Crippen molar-refractivity contribution >= 4 is 63.4 Å². The molecule has 1 saturated heterocycles. The summed E-state index contributed by atoms with van der Waals surface area (Å²) < 4.78 is 37.2. The largest absolute Gasteiger partial charge is 0.478 e. The van der Waals surface area contributed by atoms with Crippen molar-refractivity contribution < 1.29 is 42.6 Å². The Kier molecular flexibility index (Phi) is 8.89. The number of alkyl halides is 1. The van der Waals surface area contributed by atoms with Gasteiger partial charge >= 0.3 is 12.1 Å². The molecule has 1 fully saturated rings. The summed E-state index contributed by atoms with van der Waals surface area (Å²) in [6, 6.07) is 12.0. The fourth-order valence-corrected chi connectivity index (χ4v) is 5.92. The summed E-state index contributed by atoms with van der Waals surface area (Å²) in [5.74, 6) is -4.71. The number of imidazole rings is 1. The fourth-order valence-electron chi connectivity index (χ4n) is 5.92. The molecule has 0 saturated carbocycles. The predicted molar refractivity (Wildman–Crippen MR) is 180 cm³/mol. The fraction of sp³-hybridized carbons (Fsp3) is 0.265. The average molecular weight is 703 g/mol. The number of carboxylic acid groups (broad SMARTS) is 1. The minimum atomic E-state index is -1.54. The van der Waals surface area contributed by atoms with E-state index in [0.717, 1.165) is 4.90 Å². The van der Waals surface area contributed by atoms with E-state index in [0.29, 0.717) is 10.9 Å². The molecule has 0 radical (unpaired) electrons. The number of rotatable bonds is 8. The number of anilines is 2. The molecule has 3 heterocycles. The van der Waals surface area contributed by atoms with Crippen LogP contribution >= 0.6 is 0 Å². The Morgan fingerprint density at radius 2 is 1.82 bits per heavy atom. The van der Waals surface area contributed by atoms with Crippen molar-refractivity contribution in [1.82, 2.24) is 24.6 Å². The maximum Gasteiger partial charge on any atom is 0.414 e. The first kappa shape index (κ1) is 34.5. The molecule has 5 aromatic rings. The molecule has 1 aliphatic rings. The number of H-pyrrole nitrogens is 1. The first-order chi connectivity index (χ1) is 24.1. The van der Waals surface area contributed by atoms with Crippen molar-refractivity contribution in [3.8, 4) is 11.1 Å². The van der Waals surface area contributed by atoms with Crippen molar-refractivity contribution in [1.29, 1.82) is 0 Å². The molecule has 0 bridgehead atoms. The van der Waals surface area contributed by atoms with Crippen LogP contribution in [0, 0.1) is 5.82 Å². The number of likely N-dealkylation sites (tertiary alicyclic amines) is 1. The molecule has 264 valence electrons. The van der Waals surface area contributed by atoms with Crippen molar-refractivity contribution in [2.45, 2.75) is 51.6 Å². The van der Waals surface area contributed by atoms with Gasteiger partial charge in [-0.2, -0.15) is 5.10 Å². The number of carbonyl (C=O) groups excluding carboxylic acids is 4. The van der Waals surface area contributed by atoms with Crippen molar-refractivity contribution in [2.24, 2.45) is 5.73 Å². The van der Waals surface area contributed by atoms with Crippen molar-refractivity contribution in [3.05, 3.63) is 71.7 Å². The number of hydrogen-bond acceptors (Lipinski definition) is 8. The lowest BCUT2D eigenvalue weighted by Gasteiger charge is -2.24. The highest BCUT2D eigenvalue weighted by atomic mass is 19.1. The van der Waals surface area contributed by atoms with Gasteiger partial charge in [0.1, 0.15) is 29.9 Å². The molecule has 6 N–H and O–H groups in total. The molecule has 0 aliphatic carbocycles. The van der Waals surface area contributed by atoms with Crippen LogP contribution < -0.4 is 16.4 Å². The van der Waals surface area contributed by atoms with Gasteiger partial charge in [0, 0.05) is 17.4 Å². The van der Waals surface area contributed by atoms with Gasteiger partial charge in [-0.3, -0.25) is 24.4 Å². The zero-order chi connectivity index (χ0) is 36.8. The van der Waals surface area contributed by atoms with Crippen LogP contribution in [-0.2, 0) is 20.9 Å². The molecule has 17 heteroatoms. The smallest absolute Gasteiger partial charge is 0.414 e. The number of hydrogen-bond donors (Lipinski definition) is 5. The number of amides is 4. The number of aromatic carboxylic acids is 1. The number of carbonyl (C=O) groups is 5. The number of aromatic nitrogens is 4. The van der Waals surface area contributed by atoms with Gasteiger partial charge in [0.05, 0.1) is 28.8 Å². The highest BCUT2D eigenvalue weighted by Gasteiger charge is 2.40. The number of primary amides is 1. The number of aromatic amines is 1. The SMILES string of the molecule is CC(C)(C)OC(=O)Nc1nc2c(C(=O)O)cc(-c3cccc(NC(=O)[C@@H]4C[C@@H](F)CN4C(=O)Cn4nc(C(N)=O)c5ccccc54)c3F)cc2[nH]1. The van der Waals surface area contributed by atoms with E-state index in [1.807, 2.05) is 0 Å². The lowest BCUT2D eigenvalue weighted by molar-refractivity contribution is -0.137. The van der Waals surface area contributed by atoms with Crippen molar-refractivity contribution in [3.63, 3.8) is 0 Å². The summed E-state index contributed by atoms with van der Waals surface area (Å²) in [6.07, 6.45) is -2.72. The van der Waals surface area contributed by atoms with E-state index < -0.39 is 66.5 Å². The monoisotopic (exact) mass is 702 g/mol. The van der Waals surface area contributed by atoms with Gasteiger partial charge in [0.15, 0.2) is 11.5 Å². The maximum atomic E-state index is 16.0. The van der Waals surface area contributed by atoms with Crippen LogP contribution in [0.25, 0.3) is 33.1 Å². The van der Waals surface area contributed by atoms with Crippen molar-refractivity contribution in [2.75, 3.05) is 17.2 Å². The third-order valence-corrected chi connectivity index (χ3v) is 8.05. The minimum Gasteiger partial charge on any atom is -0.478 e. The lowest BCUT2D eigenvalue weighted by Crippen LogP contribution is -2.44. The summed E-state index contributed by atoms with van der Waals surface area (Å²) in [4.78, 5) is 71.2. The normalized spacial score (nSPS) is 16.0. The van der Waals surface area contributed by atoms with Gasteiger partial charge < -0.3 is 30.8 Å². The summed E-state index contributed by atoms with van der Waals surface area (Å²) >= 11 is 0. The van der Waals surface area contributed by atoms with E-state index in [9.17, 15) is 33.5 Å². The van der Waals surface area contributed by atoms with E-state index in [-0.39, 0.29) is 51.5 Å². The average Bonchev–Trinajstić information content (AvgIpc) is 3.75. The van der Waals surface area contributed by atoms with Crippen LogP contribution in [0.15, 0.2) is 54.6 Å². The molecule has 51 heavy (non-hydrogen) atoms. The molecule has 2 aromatic heterocycles. The van der Waals surface area contributed by atoms with E-state index in [1.54, 1.807) is 45.0 Å². The molecule has 1 aliphatic heterocycles. The van der Waals surface area contributed by atoms with Crippen LogP contribution in [0.2, 0.25) is 0 Å². The van der Waals surface area contributed by atoms with E-state index in [1.165, 1.54) is 35.0 Å². The number of halogens is 2. The summed E-state index contributed by atoms with van der Waals surface area (Å²) in [5.41, 5.74) is 4.59. The number of ether oxygens (including phenoxy) is 1. The van der Waals surface area contributed by atoms with E-state index in [2.05, 4.69) is 25.7 Å². The molecule has 0 spiro atoms. The van der Waals surface area contributed by atoms with Gasteiger partial charge in [-0.1, -0.05) is 30.3 Å². The number of para-hydroxylation sites is 1. The highest BCUT2D eigenvalue weighted by molar-refractivity contribution is 6.05. The number of nitrogens with one attached hydrogen (secondary N) is 3. The number of nitrogens with zero attached hydrogens (tertiary/aromatic N) is 4. The number of nitrogens with two attached hydrogens (primary N) is 1. The zero-order valence-corrected chi connectivity index (χ0v) is 27.5. The molecule has 2 atom stereocenters. The molecular weight excluding hydrogens is 670 g/mol. The molecule has 15 nitrogen and oxygen atoms in total. The Morgan fingerprint density at radius 1 is 1.08 bits per heavy atom. The first-order valence-electron chi connectivity index (χ1n) is 15.7. The number of carboxylic acids is 1. The Balaban J connectivity index is 1.24. The minimum absolute atomic E-state index is 0.0112. The lowest BCUT2D eigenvalue weighted by atomic mass is 10.0. The number of benzene rings is 3. The topological polar surface area (TPSA) is 215 Å². The van der Waals surface area contributed by atoms with Crippen LogP contribution in [0.4, 0.5) is 25.2 Å². The van der Waals surface area contributed by atoms with Crippen LogP contribution in [0.1, 0.15) is 48.0 Å². The van der Waals surface area contributed by atoms with Gasteiger partial charge in [0.2, 0.25) is 17.8 Å². The van der Waals surface area contributed by atoms with E-state index in [4.69, 9.17) is 10.5 Å². The molecular formula is C34H32F2N8O7. The maximum absolute atomic E-state index is 16.0. The van der Waals surface area contributed by atoms with E-state index >= 15 is 4.39 Å². The third kappa shape index (κ3) is 7.03. The van der Waals surface area contributed by atoms with Crippen LogP contribution in [0.5, 0.6) is 0 Å². The van der Waals surface area contributed by atoms with Gasteiger partial charge in [0.25, 0.3) is 5.91 Å². The second kappa shape index (κ2) is 13.1. The summed E-state index contributed by atoms with van der Waals surface area (Å²) in [6.45, 7) is 4.18. The molecule has 4 amide bonds. The quantitative estimate of drug-likeness (QED) is 0.154. The first-order valence-corrected chi connectivity index (χ1v) is 15.7. The Labute approximate surface area is 287 Å². The highest BCUT2D eigenvalue weighted by Crippen LogP contribution is 2.33. The second-order valence-electron chi connectivity index (χ2n) is 12.9. The molecule has 3 aromatic carbocycles.